The van der Waals surface area contributed by atoms with Gasteiger partial charge >= 0.3 is 5.97 Å². The van der Waals surface area contributed by atoms with Crippen molar-refractivity contribution in [1.29, 1.82) is 0 Å². The molecule has 6 heteroatoms. The molecule has 1 atom stereocenters. The number of amides is 2. The molecule has 1 heterocycles. The minimum Gasteiger partial charge on any atom is -0.481 e. The van der Waals surface area contributed by atoms with E-state index < -0.39 is 11.9 Å². The van der Waals surface area contributed by atoms with Crippen LogP contribution in [-0.2, 0) is 9.59 Å². The molecular weight excluding hydrogens is 320 g/mol. The van der Waals surface area contributed by atoms with E-state index >= 15 is 0 Å². The summed E-state index contributed by atoms with van der Waals surface area (Å²) in [5.74, 6) is -1.52. The van der Waals surface area contributed by atoms with Gasteiger partial charge < -0.3 is 15.3 Å². The summed E-state index contributed by atoms with van der Waals surface area (Å²) in [6.45, 7) is 4.80. The number of benzene rings is 1. The Morgan fingerprint density at radius 1 is 1.20 bits per heavy atom. The maximum Gasteiger partial charge on any atom is 0.308 e. The second kappa shape index (κ2) is 8.65. The highest BCUT2D eigenvalue weighted by Gasteiger charge is 2.28. The van der Waals surface area contributed by atoms with Crippen LogP contribution in [0.2, 0.25) is 0 Å². The number of nitrogens with one attached hydrogen (secondary N) is 1. The van der Waals surface area contributed by atoms with Gasteiger partial charge in [-0.3, -0.25) is 14.4 Å². The van der Waals surface area contributed by atoms with Gasteiger partial charge in [0.2, 0.25) is 5.91 Å². The van der Waals surface area contributed by atoms with Crippen LogP contribution < -0.4 is 5.32 Å². The van der Waals surface area contributed by atoms with Crippen molar-refractivity contribution in [3.8, 4) is 0 Å². The van der Waals surface area contributed by atoms with E-state index in [4.69, 9.17) is 5.11 Å². The molecule has 25 heavy (non-hydrogen) atoms. The predicted molar refractivity (Wildman–Crippen MR) is 95.4 cm³/mol. The molecule has 1 saturated heterocycles. The molecule has 2 amide bonds. The van der Waals surface area contributed by atoms with Crippen molar-refractivity contribution in [1.82, 2.24) is 4.90 Å². The molecule has 1 fully saturated rings. The summed E-state index contributed by atoms with van der Waals surface area (Å²) in [7, 11) is 0. The summed E-state index contributed by atoms with van der Waals surface area (Å²) >= 11 is 0. The number of hydrogen-bond acceptors (Lipinski definition) is 3. The van der Waals surface area contributed by atoms with Crippen molar-refractivity contribution in [2.45, 2.75) is 39.5 Å². The van der Waals surface area contributed by atoms with Gasteiger partial charge in [-0.05, 0) is 49.9 Å². The Morgan fingerprint density at radius 2 is 1.84 bits per heavy atom. The first-order valence-electron chi connectivity index (χ1n) is 8.89. The summed E-state index contributed by atoms with van der Waals surface area (Å²) < 4.78 is 0. The molecule has 1 aromatic carbocycles. The molecule has 6 nitrogen and oxygen atoms in total. The monoisotopic (exact) mass is 346 g/mol. The van der Waals surface area contributed by atoms with Crippen LogP contribution in [0.25, 0.3) is 0 Å². The number of aliphatic carboxylic acids is 1. The molecule has 2 N–H and O–H groups in total. The maximum absolute atomic E-state index is 12.5. The molecule has 0 radical (unpaired) electrons. The molecule has 0 aliphatic carbocycles. The molecule has 1 aliphatic rings. The van der Waals surface area contributed by atoms with E-state index in [9.17, 15) is 14.4 Å². The molecule has 0 aromatic heterocycles. The van der Waals surface area contributed by atoms with Crippen LogP contribution in [0.4, 0.5) is 5.69 Å². The van der Waals surface area contributed by atoms with Gasteiger partial charge in [-0.25, -0.2) is 0 Å². The Hall–Kier alpha value is -2.37. The van der Waals surface area contributed by atoms with Crippen molar-refractivity contribution in [2.24, 2.45) is 11.8 Å². The molecule has 136 valence electrons. The fourth-order valence-corrected chi connectivity index (χ4v) is 3.15. The molecule has 0 bridgehead atoms. The Morgan fingerprint density at radius 3 is 2.40 bits per heavy atom. The minimum atomic E-state index is -0.850. The van der Waals surface area contributed by atoms with Crippen LogP contribution in [0, 0.1) is 11.8 Å². The lowest BCUT2D eigenvalue weighted by atomic mass is 9.97. The Kier molecular flexibility index (Phi) is 6.56. The van der Waals surface area contributed by atoms with Gasteiger partial charge in [-0.1, -0.05) is 13.8 Å². The van der Waals surface area contributed by atoms with Crippen LogP contribution in [0.5, 0.6) is 0 Å². The number of nitrogens with zero attached hydrogens (tertiary/aromatic N) is 1. The summed E-state index contributed by atoms with van der Waals surface area (Å²) in [4.78, 5) is 37.4. The van der Waals surface area contributed by atoms with Crippen LogP contribution >= 0.6 is 0 Å². The Labute approximate surface area is 148 Å². The molecular formula is C19H26N2O4. The van der Waals surface area contributed by atoms with Gasteiger partial charge in [-0.15, -0.1) is 0 Å². The van der Waals surface area contributed by atoms with Crippen LogP contribution in [-0.4, -0.2) is 40.9 Å². The van der Waals surface area contributed by atoms with Crippen molar-refractivity contribution < 1.29 is 19.5 Å². The van der Waals surface area contributed by atoms with E-state index in [1.54, 1.807) is 29.2 Å². The number of carboxylic acids is 1. The topological polar surface area (TPSA) is 86.7 Å². The molecule has 0 unspecified atom stereocenters. The minimum absolute atomic E-state index is 0.00981. The van der Waals surface area contributed by atoms with E-state index in [-0.39, 0.29) is 24.3 Å². The van der Waals surface area contributed by atoms with Gasteiger partial charge in [0.05, 0.1) is 5.92 Å². The largest absolute Gasteiger partial charge is 0.481 e. The van der Waals surface area contributed by atoms with Gasteiger partial charge in [0.25, 0.3) is 5.91 Å². The van der Waals surface area contributed by atoms with E-state index in [1.165, 1.54) is 0 Å². The number of carbonyl (C=O) groups excluding carboxylic acids is 2. The van der Waals surface area contributed by atoms with Crippen molar-refractivity contribution >= 4 is 23.5 Å². The van der Waals surface area contributed by atoms with Crippen molar-refractivity contribution in [3.63, 3.8) is 0 Å². The zero-order valence-corrected chi connectivity index (χ0v) is 14.8. The Bertz CT molecular complexity index is 623. The van der Waals surface area contributed by atoms with Crippen molar-refractivity contribution in [2.75, 3.05) is 18.4 Å². The average molecular weight is 346 g/mol. The fourth-order valence-electron chi connectivity index (χ4n) is 3.15. The van der Waals surface area contributed by atoms with E-state index in [0.29, 0.717) is 30.6 Å². The SMILES string of the molecule is CCC(CC)C(=O)Nc1ccc(C(=O)N2CCC[C@@H](C(=O)O)C2)cc1. The zero-order valence-electron chi connectivity index (χ0n) is 14.8. The van der Waals surface area contributed by atoms with Gasteiger partial charge in [0.15, 0.2) is 0 Å². The predicted octanol–water partition coefficient (Wildman–Crippen LogP) is 3.00. The number of carbonyl (C=O) groups is 3. The van der Waals surface area contributed by atoms with Crippen LogP contribution in [0.3, 0.4) is 0 Å². The highest BCUT2D eigenvalue weighted by Crippen LogP contribution is 2.20. The smallest absolute Gasteiger partial charge is 0.308 e. The second-order valence-corrected chi connectivity index (χ2v) is 6.51. The third kappa shape index (κ3) is 4.81. The second-order valence-electron chi connectivity index (χ2n) is 6.51. The molecule has 1 aliphatic heterocycles. The number of piperidine rings is 1. The third-order valence-electron chi connectivity index (χ3n) is 4.81. The molecule has 1 aromatic rings. The van der Waals surface area contributed by atoms with E-state index in [0.717, 1.165) is 12.8 Å². The molecule has 0 saturated carbocycles. The lowest BCUT2D eigenvalue weighted by molar-refractivity contribution is -0.143. The number of likely N-dealkylation sites (tertiary alicyclic amines) is 1. The summed E-state index contributed by atoms with van der Waals surface area (Å²) in [6, 6.07) is 6.78. The zero-order chi connectivity index (χ0) is 18.4. The fraction of sp³-hybridized carbons (Fsp3) is 0.526. The van der Waals surface area contributed by atoms with Crippen LogP contribution in [0.15, 0.2) is 24.3 Å². The van der Waals surface area contributed by atoms with Gasteiger partial charge in [0.1, 0.15) is 0 Å². The van der Waals surface area contributed by atoms with E-state index in [2.05, 4.69) is 5.32 Å². The first-order chi connectivity index (χ1) is 12.0. The third-order valence-corrected chi connectivity index (χ3v) is 4.81. The number of rotatable bonds is 6. The maximum atomic E-state index is 12.5. The lowest BCUT2D eigenvalue weighted by Crippen LogP contribution is -2.42. The lowest BCUT2D eigenvalue weighted by Gasteiger charge is -2.30. The highest BCUT2D eigenvalue weighted by atomic mass is 16.4. The normalized spacial score (nSPS) is 17.4. The van der Waals surface area contributed by atoms with E-state index in [1.807, 2.05) is 13.8 Å². The summed E-state index contributed by atoms with van der Waals surface area (Å²) in [5.41, 5.74) is 1.17. The highest BCUT2D eigenvalue weighted by molar-refractivity contribution is 5.96. The number of hydrogen-bond donors (Lipinski definition) is 2. The number of carboxylic acid groups (broad SMARTS) is 1. The molecule has 0 spiro atoms. The number of anilines is 1. The van der Waals surface area contributed by atoms with Gasteiger partial charge in [0, 0.05) is 30.3 Å². The summed E-state index contributed by atoms with van der Waals surface area (Å²) in [5, 5.41) is 12.0. The first-order valence-corrected chi connectivity index (χ1v) is 8.89. The molecule has 2 rings (SSSR count). The van der Waals surface area contributed by atoms with Gasteiger partial charge in [-0.2, -0.15) is 0 Å². The summed E-state index contributed by atoms with van der Waals surface area (Å²) in [6.07, 6.45) is 2.89. The van der Waals surface area contributed by atoms with Crippen LogP contribution in [0.1, 0.15) is 49.9 Å². The average Bonchev–Trinajstić information content (AvgIpc) is 2.63. The first kappa shape index (κ1) is 19.0. The standard InChI is InChI=1S/C19H26N2O4/c1-3-13(4-2)17(22)20-16-9-7-14(8-10-16)18(23)21-11-5-6-15(12-21)19(24)25/h7-10,13,15H,3-6,11-12H2,1-2H3,(H,20,22)(H,24,25)/t15-/m1/s1. The Balaban J connectivity index is 2.00. The van der Waals surface area contributed by atoms with Crippen molar-refractivity contribution in [3.05, 3.63) is 29.8 Å². The quantitative estimate of drug-likeness (QED) is 0.829.